The zero-order valence-corrected chi connectivity index (χ0v) is 15.8. The molecule has 2 heterocycles. The predicted octanol–water partition coefficient (Wildman–Crippen LogP) is 1.37. The molecule has 0 amide bonds. The Morgan fingerprint density at radius 2 is 2.22 bits per heavy atom. The molecule has 142 valence electrons. The largest absolute Gasteiger partial charge is 0.377 e. The fourth-order valence-corrected chi connectivity index (χ4v) is 3.04. The van der Waals surface area contributed by atoms with Crippen molar-refractivity contribution in [2.75, 3.05) is 13.7 Å². The molecule has 8 nitrogen and oxygen atoms in total. The van der Waals surface area contributed by atoms with Crippen LogP contribution in [-0.4, -0.2) is 40.4 Å². The average molecular weight is 367 g/mol. The summed E-state index contributed by atoms with van der Waals surface area (Å²) in [6.45, 7) is 4.59. The SMILES string of the molecule is CCNC(=NCc1ccc(C#N)cc1)NC1CCc2nc(COC)nn2C1. The molecule has 0 radical (unpaired) electrons. The third-order valence-electron chi connectivity index (χ3n) is 4.36. The number of guanidine groups is 1. The van der Waals surface area contributed by atoms with Crippen LogP contribution in [0.5, 0.6) is 0 Å². The van der Waals surface area contributed by atoms with Crippen LogP contribution in [0.4, 0.5) is 0 Å². The van der Waals surface area contributed by atoms with E-state index >= 15 is 0 Å². The standard InChI is InChI=1S/C19H25N7O/c1-3-21-19(22-11-15-6-4-14(10-20)5-7-15)23-16-8-9-18-24-17(13-27-2)25-26(18)12-16/h4-7,16H,3,8-9,11-13H2,1-2H3,(H2,21,22,23). The van der Waals surface area contributed by atoms with E-state index in [4.69, 9.17) is 10.00 Å². The van der Waals surface area contributed by atoms with Crippen LogP contribution in [0.1, 0.15) is 36.1 Å². The molecule has 0 fully saturated rings. The third kappa shape index (κ3) is 5.05. The lowest BCUT2D eigenvalue weighted by Crippen LogP contribution is -2.47. The van der Waals surface area contributed by atoms with Crippen molar-refractivity contribution in [3.05, 3.63) is 47.0 Å². The number of methoxy groups -OCH3 is 1. The molecular weight excluding hydrogens is 342 g/mol. The molecule has 0 aliphatic carbocycles. The number of nitrogens with zero attached hydrogens (tertiary/aromatic N) is 5. The highest BCUT2D eigenvalue weighted by Gasteiger charge is 2.22. The molecule has 27 heavy (non-hydrogen) atoms. The van der Waals surface area contributed by atoms with Gasteiger partial charge in [-0.15, -0.1) is 0 Å². The summed E-state index contributed by atoms with van der Waals surface area (Å²) in [5.74, 6) is 2.53. The minimum atomic E-state index is 0.244. The van der Waals surface area contributed by atoms with Gasteiger partial charge >= 0.3 is 0 Å². The van der Waals surface area contributed by atoms with Crippen molar-refractivity contribution in [2.24, 2.45) is 4.99 Å². The van der Waals surface area contributed by atoms with Crippen LogP contribution in [0.25, 0.3) is 0 Å². The van der Waals surface area contributed by atoms with E-state index in [0.29, 0.717) is 18.7 Å². The van der Waals surface area contributed by atoms with Gasteiger partial charge in [0.15, 0.2) is 11.8 Å². The Hall–Kier alpha value is -2.92. The summed E-state index contributed by atoms with van der Waals surface area (Å²) in [7, 11) is 1.65. The molecule has 0 saturated heterocycles. The number of aliphatic imine (C=N–C) groups is 1. The molecule has 2 N–H and O–H groups in total. The Balaban J connectivity index is 1.62. The van der Waals surface area contributed by atoms with Crippen molar-refractivity contribution in [1.29, 1.82) is 5.26 Å². The summed E-state index contributed by atoms with van der Waals surface area (Å²) in [5.41, 5.74) is 1.73. The molecule has 0 bridgehead atoms. The van der Waals surface area contributed by atoms with Crippen LogP contribution in [0.15, 0.2) is 29.3 Å². The minimum Gasteiger partial charge on any atom is -0.377 e. The van der Waals surface area contributed by atoms with Gasteiger partial charge in [0.2, 0.25) is 0 Å². The lowest BCUT2D eigenvalue weighted by molar-refractivity contribution is 0.177. The number of aryl methyl sites for hydroxylation is 1. The maximum Gasteiger partial charge on any atom is 0.191 e. The van der Waals surface area contributed by atoms with Crippen LogP contribution in [0.3, 0.4) is 0 Å². The number of nitrogens with one attached hydrogen (secondary N) is 2. The second-order valence-corrected chi connectivity index (χ2v) is 6.44. The topological polar surface area (TPSA) is 100 Å². The molecule has 0 spiro atoms. The predicted molar refractivity (Wildman–Crippen MR) is 102 cm³/mol. The molecule has 1 atom stereocenters. The van der Waals surface area contributed by atoms with Gasteiger partial charge in [-0.1, -0.05) is 12.1 Å². The lowest BCUT2D eigenvalue weighted by atomic mass is 10.1. The molecule has 1 unspecified atom stereocenters. The first-order chi connectivity index (χ1) is 13.2. The number of nitriles is 1. The Morgan fingerprint density at radius 3 is 2.93 bits per heavy atom. The summed E-state index contributed by atoms with van der Waals surface area (Å²) >= 11 is 0. The summed E-state index contributed by atoms with van der Waals surface area (Å²) in [6.07, 6.45) is 1.86. The maximum absolute atomic E-state index is 8.88. The van der Waals surface area contributed by atoms with Crippen molar-refractivity contribution in [2.45, 2.75) is 45.5 Å². The quantitative estimate of drug-likeness (QED) is 0.591. The van der Waals surface area contributed by atoms with E-state index in [1.165, 1.54) is 0 Å². The zero-order valence-electron chi connectivity index (χ0n) is 15.8. The van der Waals surface area contributed by atoms with Gasteiger partial charge in [0, 0.05) is 26.1 Å². The van der Waals surface area contributed by atoms with E-state index in [0.717, 1.165) is 49.1 Å². The van der Waals surface area contributed by atoms with Crippen LogP contribution in [0, 0.1) is 11.3 Å². The monoisotopic (exact) mass is 367 g/mol. The van der Waals surface area contributed by atoms with Gasteiger partial charge in [-0.25, -0.2) is 14.7 Å². The smallest absolute Gasteiger partial charge is 0.191 e. The van der Waals surface area contributed by atoms with E-state index in [1.54, 1.807) is 7.11 Å². The molecule has 8 heteroatoms. The second kappa shape index (κ2) is 9.14. The van der Waals surface area contributed by atoms with E-state index < -0.39 is 0 Å². The molecular formula is C19H25N7O. The number of benzene rings is 1. The van der Waals surface area contributed by atoms with Crippen molar-refractivity contribution < 1.29 is 4.74 Å². The van der Waals surface area contributed by atoms with Gasteiger partial charge in [0.05, 0.1) is 24.7 Å². The maximum atomic E-state index is 8.88. The number of aromatic nitrogens is 3. The van der Waals surface area contributed by atoms with Crippen LogP contribution >= 0.6 is 0 Å². The van der Waals surface area contributed by atoms with Crippen molar-refractivity contribution in [3.8, 4) is 6.07 Å². The number of hydrogen-bond acceptors (Lipinski definition) is 5. The fraction of sp³-hybridized carbons (Fsp3) is 0.474. The number of hydrogen-bond donors (Lipinski definition) is 2. The van der Waals surface area contributed by atoms with E-state index in [-0.39, 0.29) is 6.04 Å². The van der Waals surface area contributed by atoms with Crippen LogP contribution < -0.4 is 10.6 Å². The Bertz CT molecular complexity index is 820. The molecule has 0 saturated carbocycles. The molecule has 1 aromatic carbocycles. The highest BCUT2D eigenvalue weighted by molar-refractivity contribution is 5.80. The number of ether oxygens (including phenoxy) is 1. The highest BCUT2D eigenvalue weighted by atomic mass is 16.5. The van der Waals surface area contributed by atoms with Gasteiger partial charge in [-0.2, -0.15) is 10.4 Å². The first-order valence-electron chi connectivity index (χ1n) is 9.17. The van der Waals surface area contributed by atoms with E-state index in [9.17, 15) is 0 Å². The Kier molecular flexibility index (Phi) is 6.39. The van der Waals surface area contributed by atoms with Crippen molar-refractivity contribution in [1.82, 2.24) is 25.4 Å². The van der Waals surface area contributed by atoms with Gasteiger partial charge in [-0.3, -0.25) is 0 Å². The summed E-state index contributed by atoms with van der Waals surface area (Å²) in [6, 6.07) is 9.88. The summed E-state index contributed by atoms with van der Waals surface area (Å²) < 4.78 is 7.07. The number of rotatable bonds is 6. The molecule has 2 aromatic rings. The Morgan fingerprint density at radius 1 is 1.41 bits per heavy atom. The lowest BCUT2D eigenvalue weighted by Gasteiger charge is -2.25. The van der Waals surface area contributed by atoms with E-state index in [1.807, 2.05) is 35.9 Å². The van der Waals surface area contributed by atoms with Crippen LogP contribution in [-0.2, 0) is 30.9 Å². The fourth-order valence-electron chi connectivity index (χ4n) is 3.04. The summed E-state index contributed by atoms with van der Waals surface area (Å²) in [5, 5.41) is 20.2. The van der Waals surface area contributed by atoms with Gasteiger partial charge in [0.25, 0.3) is 0 Å². The molecule has 3 rings (SSSR count). The van der Waals surface area contributed by atoms with Crippen LogP contribution in [0.2, 0.25) is 0 Å². The zero-order chi connectivity index (χ0) is 19.1. The second-order valence-electron chi connectivity index (χ2n) is 6.44. The Labute approximate surface area is 159 Å². The van der Waals surface area contributed by atoms with Gasteiger partial charge in [0.1, 0.15) is 12.4 Å². The molecule has 1 aromatic heterocycles. The molecule has 1 aliphatic rings. The van der Waals surface area contributed by atoms with E-state index in [2.05, 4.69) is 31.8 Å². The first kappa shape index (κ1) is 18.9. The normalized spacial score (nSPS) is 16.5. The summed E-state index contributed by atoms with van der Waals surface area (Å²) in [4.78, 5) is 9.18. The molecule has 1 aliphatic heterocycles. The minimum absolute atomic E-state index is 0.244. The van der Waals surface area contributed by atoms with Gasteiger partial charge < -0.3 is 15.4 Å². The van der Waals surface area contributed by atoms with Crippen molar-refractivity contribution >= 4 is 5.96 Å². The van der Waals surface area contributed by atoms with Crippen molar-refractivity contribution in [3.63, 3.8) is 0 Å². The third-order valence-corrected chi connectivity index (χ3v) is 4.36. The average Bonchev–Trinajstić information content (AvgIpc) is 3.08. The highest BCUT2D eigenvalue weighted by Crippen LogP contribution is 2.13. The number of fused-ring (bicyclic) bond motifs is 1. The first-order valence-corrected chi connectivity index (χ1v) is 9.17. The van der Waals surface area contributed by atoms with Gasteiger partial charge in [-0.05, 0) is 31.0 Å².